The summed E-state index contributed by atoms with van der Waals surface area (Å²) in [4.78, 5) is 38.5. The summed E-state index contributed by atoms with van der Waals surface area (Å²) in [5.74, 6) is 0.271. The Labute approximate surface area is 246 Å². The molecule has 1 aliphatic heterocycles. The van der Waals surface area contributed by atoms with Crippen molar-refractivity contribution in [3.63, 3.8) is 0 Å². The number of fused-ring (bicyclic) bond motifs is 5. The molecule has 0 unspecified atom stereocenters. The molecule has 5 aliphatic rings. The minimum atomic E-state index is -0.970. The van der Waals surface area contributed by atoms with E-state index >= 15 is 0 Å². The average Bonchev–Trinajstić information content (AvgIpc) is 3.38. The molecular formula is C34H54O7. The Morgan fingerprint density at radius 2 is 1.61 bits per heavy atom. The third-order valence-corrected chi connectivity index (χ3v) is 13.4. The van der Waals surface area contributed by atoms with Crippen molar-refractivity contribution >= 4 is 17.7 Å². The average molecular weight is 575 g/mol. The maximum atomic E-state index is 14.2. The second-order valence-electron chi connectivity index (χ2n) is 16.4. The summed E-state index contributed by atoms with van der Waals surface area (Å²) < 4.78 is 18.4. The number of carbonyl (C=O) groups excluding carboxylic acids is 3. The van der Waals surface area contributed by atoms with Gasteiger partial charge in [0.1, 0.15) is 11.9 Å². The van der Waals surface area contributed by atoms with Gasteiger partial charge in [-0.2, -0.15) is 0 Å². The van der Waals surface area contributed by atoms with Crippen LogP contribution in [-0.2, 0) is 28.6 Å². The molecule has 4 saturated carbocycles. The zero-order valence-corrected chi connectivity index (χ0v) is 26.9. The number of aliphatic hydroxyl groups is 1. The molecule has 7 heteroatoms. The van der Waals surface area contributed by atoms with Crippen molar-refractivity contribution in [1.82, 2.24) is 0 Å². The summed E-state index contributed by atoms with van der Waals surface area (Å²) in [5, 5.41) is 10.7. The minimum absolute atomic E-state index is 0.0300. The molecular weight excluding hydrogens is 520 g/mol. The second-order valence-corrected chi connectivity index (χ2v) is 16.4. The summed E-state index contributed by atoms with van der Waals surface area (Å²) in [6.07, 6.45) is 7.20. The summed E-state index contributed by atoms with van der Waals surface area (Å²) in [5.41, 5.74) is -2.36. The highest BCUT2D eigenvalue weighted by Gasteiger charge is 2.74. The van der Waals surface area contributed by atoms with Crippen molar-refractivity contribution in [2.75, 3.05) is 6.61 Å². The van der Waals surface area contributed by atoms with Crippen molar-refractivity contribution in [1.29, 1.82) is 0 Å². The lowest BCUT2D eigenvalue weighted by atomic mass is 9.35. The zero-order valence-electron chi connectivity index (χ0n) is 26.9. The highest BCUT2D eigenvalue weighted by molar-refractivity contribution is 5.86. The van der Waals surface area contributed by atoms with E-state index in [1.165, 1.54) is 13.8 Å². The van der Waals surface area contributed by atoms with Gasteiger partial charge < -0.3 is 19.3 Å². The summed E-state index contributed by atoms with van der Waals surface area (Å²) in [7, 11) is 0. The van der Waals surface area contributed by atoms with Crippen LogP contribution in [0.5, 0.6) is 0 Å². The number of Topliss-reactive ketones (excluding diaryl/α,β-unsaturated/α-hetero) is 1. The number of rotatable bonds is 5. The Balaban J connectivity index is 1.53. The van der Waals surface area contributed by atoms with E-state index in [0.29, 0.717) is 18.3 Å². The van der Waals surface area contributed by atoms with Crippen LogP contribution in [0.4, 0.5) is 0 Å². The van der Waals surface area contributed by atoms with Gasteiger partial charge in [0.05, 0.1) is 23.9 Å². The number of ketones is 1. The number of hydrogen-bond donors (Lipinski definition) is 1. The molecule has 232 valence electrons. The lowest BCUT2D eigenvalue weighted by molar-refractivity contribution is -0.243. The second kappa shape index (κ2) is 9.77. The van der Waals surface area contributed by atoms with Crippen LogP contribution in [-0.4, -0.2) is 52.8 Å². The standard InChI is InChI=1S/C34H54O7/c1-20(35)39-19-34-18-23(37)28(33(9)17-14-27(41-33)30(5,6)38)22(34)10-11-25-31(7)15-13-26(40-21(2)36)29(3,4)24(31)12-16-32(25,34)8/h22,24-28,38H,10-19H2,1-9H3/t22-,24+,25-,26+,27-,28-,31+,32-,33-,34+/m1/s1. The number of carbonyl (C=O) groups is 3. The largest absolute Gasteiger partial charge is 0.465 e. The fourth-order valence-corrected chi connectivity index (χ4v) is 11.6. The first-order valence-electron chi connectivity index (χ1n) is 16.1. The third-order valence-electron chi connectivity index (χ3n) is 13.4. The van der Waals surface area contributed by atoms with Crippen LogP contribution in [0.2, 0.25) is 0 Å². The van der Waals surface area contributed by atoms with Crippen LogP contribution < -0.4 is 0 Å². The van der Waals surface area contributed by atoms with E-state index in [-0.39, 0.29) is 64.6 Å². The maximum Gasteiger partial charge on any atom is 0.302 e. The van der Waals surface area contributed by atoms with E-state index in [1.807, 2.05) is 0 Å². The van der Waals surface area contributed by atoms with Gasteiger partial charge in [0.2, 0.25) is 0 Å². The van der Waals surface area contributed by atoms with Crippen molar-refractivity contribution in [2.45, 2.75) is 144 Å². The van der Waals surface area contributed by atoms with Gasteiger partial charge in [-0.25, -0.2) is 0 Å². The molecule has 1 N–H and O–H groups in total. The topological polar surface area (TPSA) is 99.1 Å². The van der Waals surface area contributed by atoms with Crippen molar-refractivity contribution in [2.24, 2.45) is 45.3 Å². The summed E-state index contributed by atoms with van der Waals surface area (Å²) >= 11 is 0. The van der Waals surface area contributed by atoms with Gasteiger partial charge >= 0.3 is 11.9 Å². The lowest BCUT2D eigenvalue weighted by Gasteiger charge is -2.70. The van der Waals surface area contributed by atoms with Gasteiger partial charge in [-0.3, -0.25) is 14.4 Å². The van der Waals surface area contributed by atoms with Crippen LogP contribution in [0.1, 0.15) is 120 Å². The number of hydrogen-bond acceptors (Lipinski definition) is 7. The first-order chi connectivity index (χ1) is 18.8. The van der Waals surface area contributed by atoms with E-state index in [2.05, 4.69) is 34.6 Å². The first-order valence-corrected chi connectivity index (χ1v) is 16.1. The Morgan fingerprint density at radius 1 is 0.927 bits per heavy atom. The monoisotopic (exact) mass is 574 g/mol. The molecule has 0 spiro atoms. The van der Waals surface area contributed by atoms with Crippen LogP contribution >= 0.6 is 0 Å². The Hall–Kier alpha value is -1.47. The molecule has 0 bridgehead atoms. The van der Waals surface area contributed by atoms with Crippen molar-refractivity contribution in [3.05, 3.63) is 0 Å². The fraction of sp³-hybridized carbons (Fsp3) is 0.912. The summed E-state index contributed by atoms with van der Waals surface area (Å²) in [6, 6.07) is 0. The molecule has 0 aromatic heterocycles. The van der Waals surface area contributed by atoms with Crippen molar-refractivity contribution in [3.8, 4) is 0 Å². The molecule has 10 atom stereocenters. The van der Waals surface area contributed by atoms with E-state index in [4.69, 9.17) is 14.2 Å². The fourth-order valence-electron chi connectivity index (χ4n) is 11.6. The SMILES string of the molecule is CC(=O)OC[C@@]12CC(=O)[C@H]([C@@]3(C)CC[C@H](C(C)(C)O)O3)[C@H]1CC[C@@H]1[C@@]3(C)CC[C@H](OC(C)=O)C(C)(C)[C@@H]3CC[C@]12C. The van der Waals surface area contributed by atoms with E-state index in [9.17, 15) is 19.5 Å². The van der Waals surface area contributed by atoms with Crippen molar-refractivity contribution < 1.29 is 33.7 Å². The normalized spacial score (nSPS) is 47.2. The molecule has 1 saturated heterocycles. The first kappa shape index (κ1) is 31.0. The molecule has 1 heterocycles. The minimum Gasteiger partial charge on any atom is -0.465 e. The van der Waals surface area contributed by atoms with Gasteiger partial charge in [-0.15, -0.1) is 0 Å². The molecule has 0 amide bonds. The summed E-state index contributed by atoms with van der Waals surface area (Å²) in [6.45, 7) is 18.3. The predicted molar refractivity (Wildman–Crippen MR) is 155 cm³/mol. The smallest absolute Gasteiger partial charge is 0.302 e. The van der Waals surface area contributed by atoms with Gasteiger partial charge in [-0.1, -0.05) is 27.7 Å². The molecule has 0 aromatic carbocycles. The van der Waals surface area contributed by atoms with Crippen LogP contribution in [0, 0.1) is 45.3 Å². The number of esters is 2. The van der Waals surface area contributed by atoms with Gasteiger partial charge in [0.25, 0.3) is 0 Å². The Bertz CT molecular complexity index is 1090. The Morgan fingerprint density at radius 3 is 2.20 bits per heavy atom. The Kier molecular flexibility index (Phi) is 7.38. The maximum absolute atomic E-state index is 14.2. The van der Waals surface area contributed by atoms with Gasteiger partial charge in [0.15, 0.2) is 0 Å². The quantitative estimate of drug-likeness (QED) is 0.400. The predicted octanol–water partition coefficient (Wildman–Crippen LogP) is 6.03. The highest BCUT2D eigenvalue weighted by atomic mass is 16.5. The van der Waals surface area contributed by atoms with Crippen LogP contribution in [0.15, 0.2) is 0 Å². The molecule has 4 aliphatic carbocycles. The van der Waals surface area contributed by atoms with Crippen LogP contribution in [0.3, 0.4) is 0 Å². The van der Waals surface area contributed by atoms with Crippen LogP contribution in [0.25, 0.3) is 0 Å². The zero-order chi connectivity index (χ0) is 30.4. The van der Waals surface area contributed by atoms with E-state index in [1.54, 1.807) is 13.8 Å². The number of ether oxygens (including phenoxy) is 3. The molecule has 7 nitrogen and oxygen atoms in total. The van der Waals surface area contributed by atoms with Gasteiger partial charge in [0, 0.05) is 37.0 Å². The molecule has 0 radical (unpaired) electrons. The molecule has 5 rings (SSSR count). The van der Waals surface area contributed by atoms with E-state index in [0.717, 1.165) is 51.4 Å². The molecule has 5 fully saturated rings. The third kappa shape index (κ3) is 4.53. The molecule has 41 heavy (non-hydrogen) atoms. The molecule has 0 aromatic rings. The van der Waals surface area contributed by atoms with Gasteiger partial charge in [-0.05, 0) is 101 Å². The van der Waals surface area contributed by atoms with E-state index < -0.39 is 16.6 Å². The lowest BCUT2D eigenvalue weighted by Crippen LogP contribution is -2.66. The highest BCUT2D eigenvalue weighted by Crippen LogP contribution is 2.76.